The van der Waals surface area contributed by atoms with E-state index in [1.165, 1.54) is 5.56 Å². The molecule has 9 heavy (non-hydrogen) atoms. The van der Waals surface area contributed by atoms with Crippen molar-refractivity contribution in [1.29, 1.82) is 0 Å². The second-order valence-electron chi connectivity index (χ2n) is 1.70. The Labute approximate surface area is 70.5 Å². The molecule has 0 bridgehead atoms. The van der Waals surface area contributed by atoms with E-state index in [0.717, 1.165) is 0 Å². The smallest absolute Gasteiger partial charge is 0 e. The molecule has 0 aromatic heterocycles. The van der Waals surface area contributed by atoms with Crippen molar-refractivity contribution in [1.82, 2.24) is 0 Å². The molecule has 48 valence electrons. The van der Waals surface area contributed by atoms with Gasteiger partial charge in [0.25, 0.3) is 0 Å². The van der Waals surface area contributed by atoms with Gasteiger partial charge in [-0.3, -0.25) is 0 Å². The first kappa shape index (κ1) is 8.78. The average molecular weight is 289 g/mol. The summed E-state index contributed by atoms with van der Waals surface area (Å²) in [5, 5.41) is 0. The van der Waals surface area contributed by atoms with Crippen LogP contribution in [-0.4, -0.2) is 0 Å². The molecule has 0 spiro atoms. The fourth-order valence-electron chi connectivity index (χ4n) is 0.645. The molecule has 0 fully saturated rings. The van der Waals surface area contributed by atoms with Crippen molar-refractivity contribution in [3.8, 4) is 0 Å². The largest absolute Gasteiger partial charge is 0.192 e. The summed E-state index contributed by atoms with van der Waals surface area (Å²) in [5.74, 6) is 0. The van der Waals surface area contributed by atoms with Crippen LogP contribution >= 0.6 is 0 Å². The van der Waals surface area contributed by atoms with Crippen molar-refractivity contribution < 1.29 is 21.1 Å². The first-order valence-corrected chi connectivity index (χ1v) is 2.78. The Morgan fingerprint density at radius 3 is 2.00 bits per heavy atom. The van der Waals surface area contributed by atoms with E-state index in [-0.39, 0.29) is 21.1 Å². The van der Waals surface area contributed by atoms with Gasteiger partial charge in [0.05, 0.1) is 0 Å². The molecule has 0 N–H and O–H groups in total. The summed E-state index contributed by atoms with van der Waals surface area (Å²) in [6, 6.07) is 10.3. The van der Waals surface area contributed by atoms with Gasteiger partial charge in [-0.25, -0.2) is 0 Å². The topological polar surface area (TPSA) is 0 Å². The van der Waals surface area contributed by atoms with E-state index in [2.05, 4.69) is 18.6 Å². The van der Waals surface area contributed by atoms with E-state index < -0.39 is 0 Å². The molecule has 0 saturated heterocycles. The maximum Gasteiger partial charge on any atom is 0 e. The maximum absolute atomic E-state index is 2.08. The molecule has 0 atom stereocenters. The fourth-order valence-corrected chi connectivity index (χ4v) is 0.645. The summed E-state index contributed by atoms with van der Waals surface area (Å²) in [7, 11) is 0. The number of hydrogen-bond donors (Lipinski definition) is 0. The van der Waals surface area contributed by atoms with Gasteiger partial charge in [0.1, 0.15) is 0 Å². The minimum Gasteiger partial charge on any atom is -0.192 e. The number of hydrogen-bond acceptors (Lipinski definition) is 0. The molecule has 1 rings (SSSR count). The molecule has 0 aliphatic carbocycles. The zero-order valence-electron chi connectivity index (χ0n) is 5.37. The van der Waals surface area contributed by atoms with Crippen LogP contribution in [0, 0.1) is 6.42 Å². The van der Waals surface area contributed by atoms with Crippen LogP contribution in [0.1, 0.15) is 12.5 Å². The summed E-state index contributed by atoms with van der Waals surface area (Å²) >= 11 is 0. The Balaban J connectivity index is 0.000000640. The molecule has 1 aromatic rings. The van der Waals surface area contributed by atoms with E-state index in [9.17, 15) is 0 Å². The van der Waals surface area contributed by atoms with Gasteiger partial charge in [-0.2, -0.15) is 24.1 Å². The molecule has 0 unspecified atom stereocenters. The quantitative estimate of drug-likeness (QED) is 0.696. The third-order valence-corrected chi connectivity index (χ3v) is 1.13. The Morgan fingerprint density at radius 1 is 1.11 bits per heavy atom. The second kappa shape index (κ2) is 4.64. The summed E-state index contributed by atoms with van der Waals surface area (Å²) in [6.07, 6.45) is 2.08. The van der Waals surface area contributed by atoms with E-state index in [1.807, 2.05) is 25.1 Å². The molecule has 0 aliphatic rings. The third-order valence-electron chi connectivity index (χ3n) is 1.13. The first-order chi connectivity index (χ1) is 3.93. The monoisotopic (exact) mass is 289 g/mol. The van der Waals surface area contributed by atoms with Crippen LogP contribution < -0.4 is 0 Å². The molecule has 0 aliphatic heterocycles. The standard InChI is InChI=1S/C8H9.W/c1-2-8-6-4-3-5-7-8;/h2-7H,1H3;/q-1;. The van der Waals surface area contributed by atoms with Gasteiger partial charge in [0.15, 0.2) is 0 Å². The van der Waals surface area contributed by atoms with Gasteiger partial charge in [-0.1, -0.05) is 13.0 Å². The predicted molar refractivity (Wildman–Crippen MR) is 35.5 cm³/mol. The number of rotatable bonds is 1. The number of benzene rings is 1. The van der Waals surface area contributed by atoms with Gasteiger partial charge in [-0.05, 0) is 0 Å². The first-order valence-electron chi connectivity index (χ1n) is 2.78. The van der Waals surface area contributed by atoms with Crippen LogP contribution in [0.3, 0.4) is 0 Å². The van der Waals surface area contributed by atoms with Gasteiger partial charge < -0.3 is 0 Å². The van der Waals surface area contributed by atoms with Crippen molar-refractivity contribution in [3.63, 3.8) is 0 Å². The average Bonchev–Trinajstić information content (AvgIpc) is 1.90. The van der Waals surface area contributed by atoms with E-state index in [4.69, 9.17) is 0 Å². The molecular weight excluding hydrogens is 280 g/mol. The minimum absolute atomic E-state index is 0. The van der Waals surface area contributed by atoms with Gasteiger partial charge in [0.2, 0.25) is 0 Å². The summed E-state index contributed by atoms with van der Waals surface area (Å²) in [6.45, 7) is 2.04. The molecule has 1 aromatic carbocycles. The Bertz CT molecular complexity index is 146. The SMILES string of the molecule is C[CH-]c1ccccc1.[W]. The zero-order chi connectivity index (χ0) is 5.82. The van der Waals surface area contributed by atoms with Crippen molar-refractivity contribution in [3.05, 3.63) is 42.3 Å². The summed E-state index contributed by atoms with van der Waals surface area (Å²) in [5.41, 5.74) is 1.28. The van der Waals surface area contributed by atoms with Crippen LogP contribution in [0.2, 0.25) is 0 Å². The predicted octanol–water partition coefficient (Wildman–Crippen LogP) is 2.26. The van der Waals surface area contributed by atoms with Crippen LogP contribution in [0.15, 0.2) is 30.3 Å². The molecule has 0 radical (unpaired) electrons. The van der Waals surface area contributed by atoms with Crippen LogP contribution in [0.25, 0.3) is 0 Å². The molecular formula is C8H9W-. The minimum atomic E-state index is 0. The summed E-state index contributed by atoms with van der Waals surface area (Å²) in [4.78, 5) is 0. The van der Waals surface area contributed by atoms with E-state index in [1.54, 1.807) is 0 Å². The van der Waals surface area contributed by atoms with Crippen LogP contribution in [-0.2, 0) is 21.1 Å². The normalized spacial score (nSPS) is 7.67. The molecule has 0 heterocycles. The maximum atomic E-state index is 2.08. The molecule has 1 heteroatoms. The fraction of sp³-hybridized carbons (Fsp3) is 0.125. The zero-order valence-corrected chi connectivity index (χ0v) is 8.31. The third kappa shape index (κ3) is 2.72. The van der Waals surface area contributed by atoms with Crippen molar-refractivity contribution in [2.45, 2.75) is 6.92 Å². The van der Waals surface area contributed by atoms with Crippen LogP contribution in [0.5, 0.6) is 0 Å². The van der Waals surface area contributed by atoms with Crippen molar-refractivity contribution in [2.75, 3.05) is 0 Å². The Hall–Kier alpha value is -0.222. The van der Waals surface area contributed by atoms with Crippen LogP contribution in [0.4, 0.5) is 0 Å². The van der Waals surface area contributed by atoms with E-state index >= 15 is 0 Å². The van der Waals surface area contributed by atoms with Gasteiger partial charge in [0, 0.05) is 21.1 Å². The van der Waals surface area contributed by atoms with Gasteiger partial charge >= 0.3 is 0 Å². The van der Waals surface area contributed by atoms with E-state index in [0.29, 0.717) is 0 Å². The van der Waals surface area contributed by atoms with Gasteiger partial charge in [-0.15, -0.1) is 12.1 Å². The Kier molecular flexibility index (Phi) is 4.52. The van der Waals surface area contributed by atoms with Crippen molar-refractivity contribution in [2.24, 2.45) is 0 Å². The molecule has 0 nitrogen and oxygen atoms in total. The molecule has 0 amide bonds. The summed E-state index contributed by atoms with van der Waals surface area (Å²) < 4.78 is 0. The molecule has 0 saturated carbocycles. The second-order valence-corrected chi connectivity index (χ2v) is 1.70. The van der Waals surface area contributed by atoms with Crippen molar-refractivity contribution >= 4 is 0 Å². The Morgan fingerprint density at radius 2 is 1.67 bits per heavy atom.